The molecule has 0 fully saturated rings. The van der Waals surface area contributed by atoms with Crippen LogP contribution in [0.2, 0.25) is 5.02 Å². The van der Waals surface area contributed by atoms with E-state index < -0.39 is 12.8 Å². The van der Waals surface area contributed by atoms with E-state index in [1.165, 1.54) is 17.7 Å². The Hall–Kier alpha value is -3.19. The van der Waals surface area contributed by atoms with Crippen LogP contribution in [0.25, 0.3) is 16.7 Å². The minimum Gasteiger partial charge on any atom is -0.484 e. The Morgan fingerprint density at radius 2 is 1.62 bits per heavy atom. The number of hydrogen-bond acceptors (Lipinski definition) is 3. The van der Waals surface area contributed by atoms with Gasteiger partial charge in [0.25, 0.3) is 0 Å². The molecule has 0 spiro atoms. The van der Waals surface area contributed by atoms with Crippen molar-refractivity contribution in [3.8, 4) is 11.4 Å². The second kappa shape index (κ2) is 9.22. The highest BCUT2D eigenvalue weighted by molar-refractivity contribution is 6.31. The molecule has 0 aliphatic carbocycles. The van der Waals surface area contributed by atoms with Gasteiger partial charge in [0.15, 0.2) is 6.61 Å². The van der Waals surface area contributed by atoms with Gasteiger partial charge in [0.1, 0.15) is 5.75 Å². The zero-order chi connectivity index (χ0) is 24.5. The van der Waals surface area contributed by atoms with Gasteiger partial charge < -0.3 is 10.1 Å². The van der Waals surface area contributed by atoms with E-state index >= 15 is 0 Å². The lowest BCUT2D eigenvalue weighted by atomic mass is 9.87. The van der Waals surface area contributed by atoms with E-state index in [4.69, 9.17) is 21.3 Å². The summed E-state index contributed by atoms with van der Waals surface area (Å²) in [5, 5.41) is 3.94. The Bertz CT molecular complexity index is 1270. The van der Waals surface area contributed by atoms with Crippen molar-refractivity contribution in [2.24, 2.45) is 0 Å². The Morgan fingerprint density at radius 3 is 2.24 bits per heavy atom. The molecule has 0 saturated carbocycles. The van der Waals surface area contributed by atoms with E-state index in [0.717, 1.165) is 22.3 Å². The summed E-state index contributed by atoms with van der Waals surface area (Å²) >= 11 is 6.23. The van der Waals surface area contributed by atoms with Crippen molar-refractivity contribution in [2.45, 2.75) is 38.9 Å². The molecule has 178 valence electrons. The molecule has 4 rings (SSSR count). The Labute approximate surface area is 201 Å². The first-order valence-corrected chi connectivity index (χ1v) is 11.2. The summed E-state index contributed by atoms with van der Waals surface area (Å²) in [4.78, 5) is 4.71. The zero-order valence-electron chi connectivity index (χ0n) is 19.1. The fourth-order valence-electron chi connectivity index (χ4n) is 3.59. The second-order valence-corrected chi connectivity index (χ2v) is 9.54. The van der Waals surface area contributed by atoms with Crippen molar-refractivity contribution in [3.05, 3.63) is 82.9 Å². The molecule has 1 heterocycles. The van der Waals surface area contributed by atoms with Crippen LogP contribution in [0.4, 0.5) is 19.1 Å². The highest BCUT2D eigenvalue weighted by atomic mass is 35.5. The normalized spacial score (nSPS) is 12.2. The molecule has 0 unspecified atom stereocenters. The molecule has 8 heteroatoms. The van der Waals surface area contributed by atoms with Crippen molar-refractivity contribution < 1.29 is 17.9 Å². The standard InChI is InChI=1S/C26H25ClF3N3O/c1-25(2,3)18-6-4-17(5-7-18)15-31-24-32-22-13-8-19(27)14-23(22)33(24)20-9-11-21(12-10-20)34-16-26(28,29)30/h4-14H,15-16H2,1-3H3,(H,31,32). The molecule has 1 aromatic heterocycles. The van der Waals surface area contributed by atoms with Gasteiger partial charge in [0.2, 0.25) is 5.95 Å². The second-order valence-electron chi connectivity index (χ2n) is 9.10. The first kappa shape index (κ1) is 24.0. The molecule has 1 N–H and O–H groups in total. The van der Waals surface area contributed by atoms with Crippen LogP contribution in [0, 0.1) is 0 Å². The van der Waals surface area contributed by atoms with E-state index in [-0.39, 0.29) is 11.2 Å². The largest absolute Gasteiger partial charge is 0.484 e. The molecule has 0 radical (unpaired) electrons. The van der Waals surface area contributed by atoms with E-state index in [2.05, 4.69) is 50.4 Å². The maximum absolute atomic E-state index is 12.5. The summed E-state index contributed by atoms with van der Waals surface area (Å²) in [6.07, 6.45) is -4.39. The monoisotopic (exact) mass is 487 g/mol. The van der Waals surface area contributed by atoms with E-state index in [1.54, 1.807) is 24.3 Å². The summed E-state index contributed by atoms with van der Waals surface area (Å²) in [6.45, 7) is 5.73. The van der Waals surface area contributed by atoms with E-state index in [0.29, 0.717) is 17.5 Å². The van der Waals surface area contributed by atoms with Gasteiger partial charge in [-0.15, -0.1) is 0 Å². The number of nitrogens with zero attached hydrogens (tertiary/aromatic N) is 2. The fraction of sp³-hybridized carbons (Fsp3) is 0.269. The molecule has 0 aliphatic rings. The summed E-state index contributed by atoms with van der Waals surface area (Å²) in [6, 6.07) is 20.2. The molecule has 3 aromatic carbocycles. The van der Waals surface area contributed by atoms with Crippen LogP contribution < -0.4 is 10.1 Å². The lowest BCUT2D eigenvalue weighted by Crippen LogP contribution is -2.19. The summed E-state index contributed by atoms with van der Waals surface area (Å²) in [7, 11) is 0. The highest BCUT2D eigenvalue weighted by Crippen LogP contribution is 2.29. The number of nitrogens with one attached hydrogen (secondary N) is 1. The van der Waals surface area contributed by atoms with Crippen molar-refractivity contribution in [1.29, 1.82) is 0 Å². The number of benzene rings is 3. The van der Waals surface area contributed by atoms with Gasteiger partial charge in [-0.25, -0.2) is 4.98 Å². The van der Waals surface area contributed by atoms with Crippen LogP contribution in [0.15, 0.2) is 66.7 Å². The number of halogens is 4. The molecule has 0 aliphatic heterocycles. The number of imidazole rings is 1. The van der Waals surface area contributed by atoms with E-state index in [9.17, 15) is 13.2 Å². The van der Waals surface area contributed by atoms with Gasteiger partial charge in [-0.3, -0.25) is 4.57 Å². The summed E-state index contributed by atoms with van der Waals surface area (Å²) < 4.78 is 44.1. The molecule has 4 aromatic rings. The number of fused-ring (bicyclic) bond motifs is 1. The Balaban J connectivity index is 1.62. The quantitative estimate of drug-likeness (QED) is 0.305. The van der Waals surface area contributed by atoms with Crippen LogP contribution in [0.1, 0.15) is 31.9 Å². The first-order chi connectivity index (χ1) is 16.0. The molecular weight excluding hydrogens is 463 g/mol. The van der Waals surface area contributed by atoms with Gasteiger partial charge >= 0.3 is 6.18 Å². The van der Waals surface area contributed by atoms with Gasteiger partial charge in [-0.2, -0.15) is 13.2 Å². The van der Waals surface area contributed by atoms with Gasteiger partial charge in [0, 0.05) is 17.3 Å². The zero-order valence-corrected chi connectivity index (χ0v) is 19.8. The van der Waals surface area contributed by atoms with Gasteiger partial charge in [-0.05, 0) is 59.0 Å². The number of ether oxygens (including phenoxy) is 1. The van der Waals surface area contributed by atoms with Crippen LogP contribution in [-0.2, 0) is 12.0 Å². The average molecular weight is 488 g/mol. The van der Waals surface area contributed by atoms with Crippen molar-refractivity contribution >= 4 is 28.6 Å². The number of alkyl halides is 3. The molecule has 0 amide bonds. The number of anilines is 1. The maximum atomic E-state index is 12.5. The maximum Gasteiger partial charge on any atom is 0.422 e. The molecule has 0 bridgehead atoms. The Kier molecular flexibility index (Phi) is 6.49. The molecule has 0 atom stereocenters. The number of rotatable bonds is 6. The van der Waals surface area contributed by atoms with Crippen molar-refractivity contribution in [3.63, 3.8) is 0 Å². The number of hydrogen-bond donors (Lipinski definition) is 1. The van der Waals surface area contributed by atoms with E-state index in [1.807, 2.05) is 10.6 Å². The molecule has 0 saturated heterocycles. The van der Waals surface area contributed by atoms with Gasteiger partial charge in [0.05, 0.1) is 11.0 Å². The number of aromatic nitrogens is 2. The van der Waals surface area contributed by atoms with Crippen LogP contribution >= 0.6 is 11.6 Å². The molecular formula is C26H25ClF3N3O. The first-order valence-electron chi connectivity index (χ1n) is 10.8. The summed E-state index contributed by atoms with van der Waals surface area (Å²) in [5.41, 5.74) is 4.67. The van der Waals surface area contributed by atoms with Crippen LogP contribution in [-0.4, -0.2) is 22.3 Å². The summed E-state index contributed by atoms with van der Waals surface area (Å²) in [5.74, 6) is 0.734. The molecule has 34 heavy (non-hydrogen) atoms. The smallest absolute Gasteiger partial charge is 0.422 e. The average Bonchev–Trinajstić information content (AvgIpc) is 3.13. The molecule has 4 nitrogen and oxygen atoms in total. The van der Waals surface area contributed by atoms with Crippen molar-refractivity contribution in [2.75, 3.05) is 11.9 Å². The minimum atomic E-state index is -4.39. The predicted octanol–water partition coefficient (Wildman–Crippen LogP) is 7.53. The minimum absolute atomic E-state index is 0.0786. The Morgan fingerprint density at radius 1 is 0.941 bits per heavy atom. The third-order valence-electron chi connectivity index (χ3n) is 5.38. The fourth-order valence-corrected chi connectivity index (χ4v) is 3.76. The van der Waals surface area contributed by atoms with Gasteiger partial charge in [-0.1, -0.05) is 56.6 Å². The highest BCUT2D eigenvalue weighted by Gasteiger charge is 2.28. The lowest BCUT2D eigenvalue weighted by Gasteiger charge is -2.19. The van der Waals surface area contributed by atoms with Crippen molar-refractivity contribution in [1.82, 2.24) is 9.55 Å². The predicted molar refractivity (Wildman–Crippen MR) is 130 cm³/mol. The topological polar surface area (TPSA) is 39.1 Å². The third kappa shape index (κ3) is 5.65. The third-order valence-corrected chi connectivity index (χ3v) is 5.62. The van der Waals surface area contributed by atoms with Crippen LogP contribution in [0.3, 0.4) is 0 Å². The van der Waals surface area contributed by atoms with Crippen LogP contribution in [0.5, 0.6) is 5.75 Å². The lowest BCUT2D eigenvalue weighted by molar-refractivity contribution is -0.153. The SMILES string of the molecule is CC(C)(C)c1ccc(CNc2nc3ccc(Cl)cc3n2-c2ccc(OCC(F)(F)F)cc2)cc1.